The summed E-state index contributed by atoms with van der Waals surface area (Å²) >= 11 is 2.51. The van der Waals surface area contributed by atoms with Crippen LogP contribution in [-0.4, -0.2) is 9.97 Å². The lowest BCUT2D eigenvalue weighted by Gasteiger charge is -2.27. The van der Waals surface area contributed by atoms with E-state index < -0.39 is 0 Å². The number of nitrogens with two attached hydrogens (primary N) is 1. The highest BCUT2D eigenvalue weighted by Gasteiger charge is 2.21. The Bertz CT molecular complexity index is 69.9. The third kappa shape index (κ3) is 2.42. The average Bonchev–Trinajstić information content (AvgIpc) is 1.59. The fourth-order valence-corrected chi connectivity index (χ4v) is 3.09. The largest absolute Gasteiger partial charge is 0.328 e. The molecule has 0 aromatic rings. The molecular formula is C7H14IN. The van der Waals surface area contributed by atoms with Gasteiger partial charge in [0.1, 0.15) is 0 Å². The van der Waals surface area contributed by atoms with E-state index in [2.05, 4.69) is 29.5 Å². The Morgan fingerprint density at radius 1 is 1.33 bits per heavy atom. The first-order valence-electron chi connectivity index (χ1n) is 3.58. The van der Waals surface area contributed by atoms with E-state index in [1.54, 1.807) is 0 Å². The summed E-state index contributed by atoms with van der Waals surface area (Å²) in [6.45, 7) is 2.30. The maximum atomic E-state index is 5.81. The first-order chi connectivity index (χ1) is 4.18. The first-order valence-corrected chi connectivity index (χ1v) is 4.82. The van der Waals surface area contributed by atoms with Crippen molar-refractivity contribution < 1.29 is 0 Å². The van der Waals surface area contributed by atoms with Gasteiger partial charge in [-0.05, 0) is 25.2 Å². The lowest BCUT2D eigenvalue weighted by atomic mass is 9.88. The molecule has 0 aliphatic heterocycles. The molecular weight excluding hydrogens is 225 g/mol. The summed E-state index contributed by atoms with van der Waals surface area (Å²) in [6.07, 6.45) is 3.83. The van der Waals surface area contributed by atoms with Crippen molar-refractivity contribution in [3.63, 3.8) is 0 Å². The summed E-state index contributed by atoms with van der Waals surface area (Å²) in [7, 11) is 0. The van der Waals surface area contributed by atoms with Crippen LogP contribution < -0.4 is 5.73 Å². The predicted octanol–water partition coefficient (Wildman–Crippen LogP) is 1.94. The molecule has 0 spiro atoms. The molecule has 0 amide bonds. The molecule has 1 aliphatic rings. The monoisotopic (exact) mass is 239 g/mol. The zero-order valence-corrected chi connectivity index (χ0v) is 7.97. The second-order valence-corrected chi connectivity index (χ2v) is 4.93. The van der Waals surface area contributed by atoms with E-state index in [0.717, 1.165) is 9.84 Å². The van der Waals surface area contributed by atoms with Gasteiger partial charge in [0.2, 0.25) is 0 Å². The molecule has 54 valence electrons. The molecule has 1 nitrogen and oxygen atoms in total. The number of rotatable bonds is 0. The first kappa shape index (κ1) is 7.79. The van der Waals surface area contributed by atoms with Gasteiger partial charge in [0.25, 0.3) is 0 Å². The van der Waals surface area contributed by atoms with Crippen LogP contribution in [0, 0.1) is 5.92 Å². The topological polar surface area (TPSA) is 26.0 Å². The quantitative estimate of drug-likeness (QED) is 0.507. The third-order valence-electron chi connectivity index (χ3n) is 1.92. The SMILES string of the molecule is CC1CC(N)CC(I)C1. The normalized spacial score (nSPS) is 45.0. The number of halogens is 1. The van der Waals surface area contributed by atoms with E-state index in [-0.39, 0.29) is 0 Å². The van der Waals surface area contributed by atoms with E-state index in [0.29, 0.717) is 6.04 Å². The summed E-state index contributed by atoms with van der Waals surface area (Å²) in [4.78, 5) is 0. The Kier molecular flexibility index (Phi) is 2.76. The second kappa shape index (κ2) is 3.19. The Morgan fingerprint density at radius 2 is 2.00 bits per heavy atom. The predicted molar refractivity (Wildman–Crippen MR) is 48.8 cm³/mol. The number of hydrogen-bond donors (Lipinski definition) is 1. The Morgan fingerprint density at radius 3 is 2.44 bits per heavy atom. The fraction of sp³-hybridized carbons (Fsp3) is 1.00. The summed E-state index contributed by atoms with van der Waals surface area (Å²) < 4.78 is 0.835. The van der Waals surface area contributed by atoms with Gasteiger partial charge >= 0.3 is 0 Å². The van der Waals surface area contributed by atoms with Crippen LogP contribution >= 0.6 is 22.6 Å². The molecule has 2 heteroatoms. The summed E-state index contributed by atoms with van der Waals surface area (Å²) in [5.41, 5.74) is 5.81. The fourth-order valence-electron chi connectivity index (χ4n) is 1.57. The van der Waals surface area contributed by atoms with E-state index >= 15 is 0 Å². The standard InChI is InChI=1S/C7H14IN/c1-5-2-6(8)4-7(9)3-5/h5-7H,2-4,9H2,1H3. The van der Waals surface area contributed by atoms with E-state index in [1.807, 2.05) is 0 Å². The number of hydrogen-bond acceptors (Lipinski definition) is 1. The lowest BCUT2D eigenvalue weighted by molar-refractivity contribution is 0.360. The van der Waals surface area contributed by atoms with Crippen LogP contribution in [0.3, 0.4) is 0 Å². The van der Waals surface area contributed by atoms with Crippen molar-refractivity contribution in [3.05, 3.63) is 0 Å². The maximum absolute atomic E-state index is 5.81. The summed E-state index contributed by atoms with van der Waals surface area (Å²) in [6, 6.07) is 0.482. The maximum Gasteiger partial charge on any atom is 0.0127 e. The van der Waals surface area contributed by atoms with Crippen LogP contribution in [0.1, 0.15) is 26.2 Å². The van der Waals surface area contributed by atoms with Crippen molar-refractivity contribution in [2.24, 2.45) is 11.7 Å². The molecule has 0 bridgehead atoms. The minimum Gasteiger partial charge on any atom is -0.328 e. The van der Waals surface area contributed by atoms with Gasteiger partial charge in [0.05, 0.1) is 0 Å². The van der Waals surface area contributed by atoms with Gasteiger partial charge < -0.3 is 5.73 Å². The van der Waals surface area contributed by atoms with Crippen LogP contribution in [0.2, 0.25) is 0 Å². The van der Waals surface area contributed by atoms with Crippen LogP contribution in [0.25, 0.3) is 0 Å². The van der Waals surface area contributed by atoms with Crippen molar-refractivity contribution >= 4 is 22.6 Å². The second-order valence-electron chi connectivity index (χ2n) is 3.17. The molecule has 0 heterocycles. The molecule has 1 fully saturated rings. The Balaban J connectivity index is 2.34. The van der Waals surface area contributed by atoms with Gasteiger partial charge in [-0.25, -0.2) is 0 Å². The van der Waals surface area contributed by atoms with E-state index in [9.17, 15) is 0 Å². The molecule has 0 radical (unpaired) electrons. The van der Waals surface area contributed by atoms with Crippen molar-refractivity contribution in [2.75, 3.05) is 0 Å². The average molecular weight is 239 g/mol. The molecule has 1 aliphatic carbocycles. The van der Waals surface area contributed by atoms with Crippen molar-refractivity contribution in [1.82, 2.24) is 0 Å². The van der Waals surface area contributed by atoms with Crippen LogP contribution in [0.15, 0.2) is 0 Å². The van der Waals surface area contributed by atoms with E-state index in [4.69, 9.17) is 5.73 Å². The smallest absolute Gasteiger partial charge is 0.0127 e. The number of alkyl halides is 1. The summed E-state index contributed by atoms with van der Waals surface area (Å²) in [5.74, 6) is 0.857. The molecule has 0 saturated heterocycles. The third-order valence-corrected chi connectivity index (χ3v) is 2.94. The summed E-state index contributed by atoms with van der Waals surface area (Å²) in [5, 5.41) is 0. The van der Waals surface area contributed by atoms with Crippen molar-refractivity contribution in [3.8, 4) is 0 Å². The zero-order chi connectivity index (χ0) is 6.85. The Labute approximate surface area is 70.5 Å². The molecule has 3 atom stereocenters. The zero-order valence-electron chi connectivity index (χ0n) is 5.81. The van der Waals surface area contributed by atoms with Crippen LogP contribution in [0.5, 0.6) is 0 Å². The van der Waals surface area contributed by atoms with Crippen molar-refractivity contribution in [2.45, 2.75) is 36.2 Å². The molecule has 0 aromatic carbocycles. The highest BCUT2D eigenvalue weighted by atomic mass is 127. The Hall–Kier alpha value is 0.690. The lowest BCUT2D eigenvalue weighted by Crippen LogP contribution is -2.31. The molecule has 2 N–H and O–H groups in total. The van der Waals surface area contributed by atoms with Gasteiger partial charge in [-0.3, -0.25) is 0 Å². The molecule has 9 heavy (non-hydrogen) atoms. The molecule has 3 unspecified atom stereocenters. The van der Waals surface area contributed by atoms with E-state index in [1.165, 1.54) is 19.3 Å². The highest BCUT2D eigenvalue weighted by molar-refractivity contribution is 14.1. The van der Waals surface area contributed by atoms with Gasteiger partial charge in [-0.2, -0.15) is 0 Å². The van der Waals surface area contributed by atoms with Gasteiger partial charge in [0, 0.05) is 9.97 Å². The molecule has 1 rings (SSSR count). The molecule has 1 saturated carbocycles. The highest BCUT2D eigenvalue weighted by Crippen LogP contribution is 2.27. The molecule has 0 aromatic heterocycles. The van der Waals surface area contributed by atoms with Crippen LogP contribution in [0.4, 0.5) is 0 Å². The van der Waals surface area contributed by atoms with Gasteiger partial charge in [-0.1, -0.05) is 29.5 Å². The minimum atomic E-state index is 0.482. The van der Waals surface area contributed by atoms with Crippen LogP contribution in [-0.2, 0) is 0 Å². The van der Waals surface area contributed by atoms with Gasteiger partial charge in [0.15, 0.2) is 0 Å². The van der Waals surface area contributed by atoms with Crippen molar-refractivity contribution in [1.29, 1.82) is 0 Å². The van der Waals surface area contributed by atoms with Gasteiger partial charge in [-0.15, -0.1) is 0 Å². The minimum absolute atomic E-state index is 0.482.